The molecule has 2 amide bonds. The summed E-state index contributed by atoms with van der Waals surface area (Å²) in [5.41, 5.74) is 0.662. The average molecular weight is 307 g/mol. The highest BCUT2D eigenvalue weighted by Crippen LogP contribution is 2.26. The van der Waals surface area contributed by atoms with E-state index in [2.05, 4.69) is 16.0 Å². The van der Waals surface area contributed by atoms with Gasteiger partial charge in [0.2, 0.25) is 5.91 Å². The van der Waals surface area contributed by atoms with Gasteiger partial charge in [-0.1, -0.05) is 0 Å². The number of piperidine rings is 1. The third-order valence-electron chi connectivity index (χ3n) is 4.26. The van der Waals surface area contributed by atoms with Crippen molar-refractivity contribution in [1.82, 2.24) is 16.0 Å². The first-order valence-corrected chi connectivity index (χ1v) is 8.51. The zero-order valence-electron chi connectivity index (χ0n) is 11.9. The predicted molar refractivity (Wildman–Crippen MR) is 82.4 cm³/mol. The molecule has 2 fully saturated rings. The van der Waals surface area contributed by atoms with Crippen molar-refractivity contribution in [3.8, 4) is 0 Å². The molecule has 6 heteroatoms. The Kier molecular flexibility index (Phi) is 4.55. The average Bonchev–Trinajstić information content (AvgIpc) is 3.09. The van der Waals surface area contributed by atoms with E-state index in [1.54, 1.807) is 11.4 Å². The molecule has 2 atom stereocenters. The molecule has 2 aliphatic rings. The van der Waals surface area contributed by atoms with E-state index in [1.165, 1.54) is 24.2 Å². The fourth-order valence-electron chi connectivity index (χ4n) is 3.26. The first kappa shape index (κ1) is 14.5. The van der Waals surface area contributed by atoms with Crippen molar-refractivity contribution in [3.63, 3.8) is 0 Å². The fraction of sp³-hybridized carbons (Fsp3) is 0.600. The molecule has 0 aromatic carbocycles. The van der Waals surface area contributed by atoms with Gasteiger partial charge >= 0.3 is 0 Å². The summed E-state index contributed by atoms with van der Waals surface area (Å²) in [6.07, 6.45) is 4.86. The number of fused-ring (bicyclic) bond motifs is 2. The van der Waals surface area contributed by atoms with Crippen molar-refractivity contribution in [2.45, 2.75) is 50.2 Å². The van der Waals surface area contributed by atoms with Crippen molar-refractivity contribution in [1.29, 1.82) is 0 Å². The number of nitrogens with one attached hydrogen (secondary N) is 3. The Hall–Kier alpha value is -1.40. The molecule has 5 nitrogen and oxygen atoms in total. The highest BCUT2D eigenvalue weighted by molar-refractivity contribution is 7.08. The van der Waals surface area contributed by atoms with Gasteiger partial charge in [-0.2, -0.15) is 11.3 Å². The molecule has 2 bridgehead atoms. The molecule has 0 spiro atoms. The van der Waals surface area contributed by atoms with Gasteiger partial charge in [-0.25, -0.2) is 0 Å². The molecule has 3 heterocycles. The van der Waals surface area contributed by atoms with Crippen LogP contribution in [-0.2, 0) is 4.79 Å². The molecule has 1 aromatic rings. The molecular weight excluding hydrogens is 286 g/mol. The van der Waals surface area contributed by atoms with Crippen LogP contribution in [0.25, 0.3) is 0 Å². The standard InChI is InChI=1S/C15H21N3O2S/c19-14(3-5-16-15(20)10-4-6-21-9-10)18-13-7-11-1-2-12(8-13)17-11/h4,6,9,11-13,17H,1-3,5,7-8H2,(H,16,20)(H,18,19). The van der Waals surface area contributed by atoms with E-state index in [9.17, 15) is 9.59 Å². The topological polar surface area (TPSA) is 70.2 Å². The number of thiophene rings is 1. The Morgan fingerprint density at radius 2 is 2.05 bits per heavy atom. The van der Waals surface area contributed by atoms with Crippen molar-refractivity contribution in [3.05, 3.63) is 22.4 Å². The molecule has 2 saturated heterocycles. The van der Waals surface area contributed by atoms with Gasteiger partial charge in [0.25, 0.3) is 5.91 Å². The monoisotopic (exact) mass is 307 g/mol. The minimum Gasteiger partial charge on any atom is -0.353 e. The molecule has 114 valence electrons. The van der Waals surface area contributed by atoms with Crippen LogP contribution in [-0.4, -0.2) is 36.5 Å². The van der Waals surface area contributed by atoms with Crippen molar-refractivity contribution in [2.75, 3.05) is 6.54 Å². The number of rotatable bonds is 5. The van der Waals surface area contributed by atoms with Crippen molar-refractivity contribution in [2.24, 2.45) is 0 Å². The van der Waals surface area contributed by atoms with Gasteiger partial charge in [-0.15, -0.1) is 0 Å². The van der Waals surface area contributed by atoms with Gasteiger partial charge in [-0.05, 0) is 37.1 Å². The highest BCUT2D eigenvalue weighted by Gasteiger charge is 2.33. The van der Waals surface area contributed by atoms with Crippen LogP contribution in [0.1, 0.15) is 42.5 Å². The summed E-state index contributed by atoms with van der Waals surface area (Å²) < 4.78 is 0. The molecule has 2 unspecified atom stereocenters. The first-order chi connectivity index (χ1) is 10.2. The van der Waals surface area contributed by atoms with Crippen LogP contribution in [0.15, 0.2) is 16.8 Å². The largest absolute Gasteiger partial charge is 0.353 e. The molecule has 3 N–H and O–H groups in total. The molecule has 0 saturated carbocycles. The quantitative estimate of drug-likeness (QED) is 0.767. The number of hydrogen-bond donors (Lipinski definition) is 3. The Bertz CT molecular complexity index is 491. The maximum Gasteiger partial charge on any atom is 0.252 e. The predicted octanol–water partition coefficient (Wildman–Crippen LogP) is 1.27. The highest BCUT2D eigenvalue weighted by atomic mass is 32.1. The van der Waals surface area contributed by atoms with Crippen LogP contribution >= 0.6 is 11.3 Å². The lowest BCUT2D eigenvalue weighted by Gasteiger charge is -2.29. The summed E-state index contributed by atoms with van der Waals surface area (Å²) in [7, 11) is 0. The Morgan fingerprint density at radius 1 is 1.29 bits per heavy atom. The van der Waals surface area contributed by atoms with Gasteiger partial charge in [0.15, 0.2) is 0 Å². The molecule has 21 heavy (non-hydrogen) atoms. The van der Waals surface area contributed by atoms with E-state index in [-0.39, 0.29) is 11.8 Å². The molecule has 0 aliphatic carbocycles. The second-order valence-corrected chi connectivity index (χ2v) is 6.67. The van der Waals surface area contributed by atoms with Gasteiger partial charge in [0.05, 0.1) is 0 Å². The number of carbonyl (C=O) groups excluding carboxylic acids is 2. The van der Waals surface area contributed by atoms with E-state index >= 15 is 0 Å². The van der Waals surface area contributed by atoms with Crippen LogP contribution in [0.2, 0.25) is 0 Å². The normalized spacial score (nSPS) is 27.3. The third kappa shape index (κ3) is 3.83. The van der Waals surface area contributed by atoms with Gasteiger partial charge < -0.3 is 16.0 Å². The second-order valence-electron chi connectivity index (χ2n) is 5.89. The third-order valence-corrected chi connectivity index (χ3v) is 4.94. The molecule has 3 rings (SSSR count). The zero-order chi connectivity index (χ0) is 14.7. The van der Waals surface area contributed by atoms with Crippen molar-refractivity contribution >= 4 is 23.2 Å². The van der Waals surface area contributed by atoms with E-state index in [0.29, 0.717) is 36.7 Å². The molecular formula is C15H21N3O2S. The maximum absolute atomic E-state index is 11.9. The summed E-state index contributed by atoms with van der Waals surface area (Å²) in [5, 5.41) is 13.1. The van der Waals surface area contributed by atoms with Crippen LogP contribution in [0.3, 0.4) is 0 Å². The van der Waals surface area contributed by atoms with E-state index in [4.69, 9.17) is 0 Å². The Labute approximate surface area is 128 Å². The van der Waals surface area contributed by atoms with Crippen LogP contribution in [0, 0.1) is 0 Å². The van der Waals surface area contributed by atoms with E-state index in [1.807, 2.05) is 5.38 Å². The minimum absolute atomic E-state index is 0.0342. The first-order valence-electron chi connectivity index (χ1n) is 7.56. The summed E-state index contributed by atoms with van der Waals surface area (Å²) in [6.45, 7) is 0.387. The van der Waals surface area contributed by atoms with Crippen LogP contribution < -0.4 is 16.0 Å². The lowest BCUT2D eigenvalue weighted by molar-refractivity contribution is -0.121. The Balaban J connectivity index is 1.36. The van der Waals surface area contributed by atoms with Crippen LogP contribution in [0.5, 0.6) is 0 Å². The second kappa shape index (κ2) is 6.58. The maximum atomic E-state index is 11.9. The summed E-state index contributed by atoms with van der Waals surface area (Å²) >= 11 is 1.49. The SMILES string of the molecule is O=C(CCNC(=O)c1ccsc1)NC1CC2CCC(C1)N2. The number of amides is 2. The smallest absolute Gasteiger partial charge is 0.252 e. The van der Waals surface area contributed by atoms with Crippen LogP contribution in [0.4, 0.5) is 0 Å². The lowest BCUT2D eigenvalue weighted by Crippen LogP contribution is -2.48. The summed E-state index contributed by atoms with van der Waals surface area (Å²) in [6, 6.07) is 3.23. The van der Waals surface area contributed by atoms with Gasteiger partial charge in [0.1, 0.15) is 0 Å². The summed E-state index contributed by atoms with van der Waals surface area (Å²) in [5.74, 6) is -0.0733. The lowest BCUT2D eigenvalue weighted by atomic mass is 10.00. The molecule has 1 aromatic heterocycles. The van der Waals surface area contributed by atoms with E-state index < -0.39 is 0 Å². The van der Waals surface area contributed by atoms with Crippen molar-refractivity contribution < 1.29 is 9.59 Å². The van der Waals surface area contributed by atoms with Gasteiger partial charge in [-0.3, -0.25) is 9.59 Å². The number of hydrogen-bond acceptors (Lipinski definition) is 4. The zero-order valence-corrected chi connectivity index (χ0v) is 12.7. The van der Waals surface area contributed by atoms with Gasteiger partial charge in [0, 0.05) is 42.0 Å². The number of carbonyl (C=O) groups is 2. The fourth-order valence-corrected chi connectivity index (χ4v) is 3.90. The summed E-state index contributed by atoms with van der Waals surface area (Å²) in [4.78, 5) is 23.7. The minimum atomic E-state index is -0.107. The van der Waals surface area contributed by atoms with E-state index in [0.717, 1.165) is 12.8 Å². The Morgan fingerprint density at radius 3 is 2.71 bits per heavy atom. The molecule has 0 radical (unpaired) electrons. The molecule has 2 aliphatic heterocycles.